The number of piperidine rings is 2. The van der Waals surface area contributed by atoms with Gasteiger partial charge >= 0.3 is 0 Å². The number of aromatic hydroxyl groups is 1. The van der Waals surface area contributed by atoms with Gasteiger partial charge in [0, 0.05) is 48.8 Å². The first kappa shape index (κ1) is 20.6. The molecule has 2 N–H and O–H groups in total. The Labute approximate surface area is 184 Å². The van der Waals surface area contributed by atoms with Crippen molar-refractivity contribution in [1.29, 1.82) is 0 Å². The smallest absolute Gasteiger partial charge is 0.253 e. The van der Waals surface area contributed by atoms with Crippen molar-refractivity contribution in [3.05, 3.63) is 53.1 Å². The molecule has 0 radical (unpaired) electrons. The number of nitrogens with one attached hydrogen (secondary N) is 1. The predicted octanol–water partition coefficient (Wildman–Crippen LogP) is 2.61. The van der Waals surface area contributed by atoms with Crippen molar-refractivity contribution in [3.8, 4) is 34.1 Å². The number of alkyl halides is 1. The Morgan fingerprint density at radius 1 is 1.16 bits per heavy atom. The number of ether oxygens (including phenoxy) is 1. The molecule has 4 heterocycles. The van der Waals surface area contributed by atoms with Crippen molar-refractivity contribution in [3.63, 3.8) is 0 Å². The molecule has 2 saturated heterocycles. The maximum atomic E-state index is 14.7. The van der Waals surface area contributed by atoms with Crippen LogP contribution in [0.15, 0.2) is 47.5 Å². The first-order valence-electron chi connectivity index (χ1n) is 10.7. The highest BCUT2D eigenvalue weighted by atomic mass is 19.1. The largest absolute Gasteiger partial charge is 0.507 e. The fourth-order valence-corrected chi connectivity index (χ4v) is 4.48. The van der Waals surface area contributed by atoms with Gasteiger partial charge in [0.05, 0.1) is 17.7 Å². The van der Waals surface area contributed by atoms with Crippen LogP contribution in [0.25, 0.3) is 22.5 Å². The number of halogens is 1. The first-order valence-corrected chi connectivity index (χ1v) is 10.7. The summed E-state index contributed by atoms with van der Waals surface area (Å²) in [4.78, 5) is 16.1. The second-order valence-electron chi connectivity index (χ2n) is 8.45. The molecular weight excluding hydrogens is 413 g/mol. The molecule has 2 unspecified atom stereocenters. The van der Waals surface area contributed by atoms with Crippen molar-refractivity contribution in [2.75, 3.05) is 0 Å². The Hall–Kier alpha value is -3.33. The van der Waals surface area contributed by atoms with Gasteiger partial charge in [-0.3, -0.25) is 4.79 Å². The van der Waals surface area contributed by atoms with Crippen LogP contribution in [0.3, 0.4) is 0 Å². The Morgan fingerprint density at radius 2 is 2.03 bits per heavy atom. The lowest BCUT2D eigenvalue weighted by Gasteiger charge is -2.42. The fraction of sp³-hybridized carbons (Fsp3) is 0.391. The molecule has 1 aromatic carbocycles. The Kier molecular flexibility index (Phi) is 5.34. The summed E-state index contributed by atoms with van der Waals surface area (Å²) in [5, 5.41) is 22.1. The molecule has 32 heavy (non-hydrogen) atoms. The minimum Gasteiger partial charge on any atom is -0.507 e. The van der Waals surface area contributed by atoms with Crippen LogP contribution < -0.4 is 15.6 Å². The number of nitrogens with zero attached hydrogens (tertiary/aromatic N) is 4. The van der Waals surface area contributed by atoms with Gasteiger partial charge in [0.1, 0.15) is 11.9 Å². The zero-order chi connectivity index (χ0) is 22.2. The van der Waals surface area contributed by atoms with Crippen molar-refractivity contribution in [1.82, 2.24) is 25.1 Å². The van der Waals surface area contributed by atoms with E-state index in [0.717, 1.165) is 19.3 Å². The standard InChI is InChI=1S/C23H24FN5O3/c1-29-12-25-18(11-22(29)31)13-5-6-15(19(30)9-13)16-7-8-21(28-27-16)32-20-10-14-3-2-4-17(26-14)23(20)24/h5-9,11-12,14,17,20,23,26,30H,2-4,10H2,1H3/t14?,17?,20-,23+/m0/s1. The molecule has 0 saturated carbocycles. The number of fused-ring (bicyclic) bond motifs is 2. The average Bonchev–Trinajstić information content (AvgIpc) is 2.80. The van der Waals surface area contributed by atoms with E-state index in [1.165, 1.54) is 23.0 Å². The van der Waals surface area contributed by atoms with E-state index in [0.29, 0.717) is 28.9 Å². The minimum absolute atomic E-state index is 0.0112. The van der Waals surface area contributed by atoms with Gasteiger partial charge in [0.15, 0.2) is 6.17 Å². The summed E-state index contributed by atoms with van der Waals surface area (Å²) < 4.78 is 21.9. The van der Waals surface area contributed by atoms with Gasteiger partial charge in [-0.25, -0.2) is 9.37 Å². The van der Waals surface area contributed by atoms with Gasteiger partial charge in [-0.15, -0.1) is 10.2 Å². The van der Waals surface area contributed by atoms with E-state index in [-0.39, 0.29) is 29.3 Å². The number of phenolic OH excluding ortho intramolecular Hbond substituents is 1. The second-order valence-corrected chi connectivity index (χ2v) is 8.45. The third-order valence-electron chi connectivity index (χ3n) is 6.23. The summed E-state index contributed by atoms with van der Waals surface area (Å²) >= 11 is 0. The van der Waals surface area contributed by atoms with Crippen molar-refractivity contribution in [2.24, 2.45) is 7.05 Å². The molecular formula is C23H24FN5O3. The normalized spacial score (nSPS) is 24.8. The van der Waals surface area contributed by atoms with Crippen molar-refractivity contribution < 1.29 is 14.2 Å². The van der Waals surface area contributed by atoms with Gasteiger partial charge in [-0.05, 0) is 31.0 Å². The lowest BCUT2D eigenvalue weighted by Crippen LogP contribution is -2.59. The number of phenols is 1. The Balaban J connectivity index is 1.32. The summed E-state index contributed by atoms with van der Waals surface area (Å²) in [6.45, 7) is 0. The molecule has 5 rings (SSSR count). The van der Waals surface area contributed by atoms with Crippen LogP contribution in [-0.4, -0.2) is 49.2 Å². The molecule has 9 heteroatoms. The molecule has 0 spiro atoms. The zero-order valence-corrected chi connectivity index (χ0v) is 17.6. The van der Waals surface area contributed by atoms with Gasteiger partial charge in [0.2, 0.25) is 5.88 Å². The monoisotopic (exact) mass is 437 g/mol. The number of hydrogen-bond acceptors (Lipinski definition) is 7. The van der Waals surface area contributed by atoms with E-state index in [1.54, 1.807) is 31.3 Å². The lowest BCUT2D eigenvalue weighted by molar-refractivity contribution is 0.00652. The number of aryl methyl sites for hydroxylation is 1. The van der Waals surface area contributed by atoms with Gasteiger partial charge in [0.25, 0.3) is 5.56 Å². The molecule has 166 valence electrons. The van der Waals surface area contributed by atoms with Crippen LogP contribution in [0.5, 0.6) is 11.6 Å². The highest BCUT2D eigenvalue weighted by molar-refractivity contribution is 5.72. The quantitative estimate of drug-likeness (QED) is 0.647. The van der Waals surface area contributed by atoms with Crippen molar-refractivity contribution in [2.45, 2.75) is 50.0 Å². The Bertz CT molecular complexity index is 1180. The summed E-state index contributed by atoms with van der Waals surface area (Å²) in [6, 6.07) is 9.84. The van der Waals surface area contributed by atoms with Gasteiger partial charge in [-0.1, -0.05) is 12.5 Å². The van der Waals surface area contributed by atoms with E-state index >= 15 is 0 Å². The average molecular weight is 437 g/mol. The third kappa shape index (κ3) is 3.95. The maximum absolute atomic E-state index is 14.7. The topological polar surface area (TPSA) is 102 Å². The highest BCUT2D eigenvalue weighted by Gasteiger charge is 2.41. The molecule has 0 aliphatic carbocycles. The maximum Gasteiger partial charge on any atom is 0.253 e. The molecule has 8 nitrogen and oxygen atoms in total. The van der Waals surface area contributed by atoms with E-state index < -0.39 is 12.3 Å². The SMILES string of the molecule is Cn1cnc(-c2ccc(-c3ccc(O[C@H]4CC5CCCC(N5)[C@H]4F)nn3)c(O)c2)cc1=O. The van der Waals surface area contributed by atoms with Crippen LogP contribution in [0.4, 0.5) is 4.39 Å². The highest BCUT2D eigenvalue weighted by Crippen LogP contribution is 2.33. The molecule has 4 atom stereocenters. The van der Waals surface area contributed by atoms with Crippen LogP contribution in [0.1, 0.15) is 25.7 Å². The summed E-state index contributed by atoms with van der Waals surface area (Å²) in [6.07, 6.45) is 3.34. The van der Waals surface area contributed by atoms with Crippen LogP contribution in [0, 0.1) is 0 Å². The summed E-state index contributed by atoms with van der Waals surface area (Å²) in [5.74, 6) is 0.254. The first-order chi connectivity index (χ1) is 15.5. The molecule has 2 fully saturated rings. The van der Waals surface area contributed by atoms with E-state index in [2.05, 4.69) is 20.5 Å². The summed E-state index contributed by atoms with van der Waals surface area (Å²) in [5.41, 5.74) is 1.83. The third-order valence-corrected chi connectivity index (χ3v) is 6.23. The Morgan fingerprint density at radius 3 is 2.78 bits per heavy atom. The lowest BCUT2D eigenvalue weighted by atomic mass is 9.84. The molecule has 2 aromatic heterocycles. The van der Waals surface area contributed by atoms with Gasteiger partial charge in [-0.2, -0.15) is 0 Å². The molecule has 0 amide bonds. The number of aromatic nitrogens is 4. The fourth-order valence-electron chi connectivity index (χ4n) is 4.48. The molecule has 2 bridgehead atoms. The summed E-state index contributed by atoms with van der Waals surface area (Å²) in [7, 11) is 1.62. The van der Waals surface area contributed by atoms with E-state index in [4.69, 9.17) is 4.74 Å². The number of hydrogen-bond donors (Lipinski definition) is 2. The predicted molar refractivity (Wildman–Crippen MR) is 116 cm³/mol. The minimum atomic E-state index is -1.08. The molecule has 2 aliphatic heterocycles. The van der Waals surface area contributed by atoms with Crippen LogP contribution in [-0.2, 0) is 7.05 Å². The molecule has 2 aliphatic rings. The van der Waals surface area contributed by atoms with Gasteiger partial charge < -0.3 is 19.7 Å². The zero-order valence-electron chi connectivity index (χ0n) is 17.6. The second kappa shape index (κ2) is 8.31. The van der Waals surface area contributed by atoms with E-state index in [1.807, 2.05) is 0 Å². The van der Waals surface area contributed by atoms with Crippen LogP contribution in [0.2, 0.25) is 0 Å². The van der Waals surface area contributed by atoms with Crippen molar-refractivity contribution >= 4 is 0 Å². The molecule has 3 aromatic rings. The van der Waals surface area contributed by atoms with Crippen LogP contribution >= 0.6 is 0 Å². The number of benzene rings is 1. The van der Waals surface area contributed by atoms with E-state index in [9.17, 15) is 14.3 Å². The number of rotatable bonds is 4.